The Kier molecular flexibility index (Phi) is 5.49. The Hall–Kier alpha value is -2.82. The van der Waals surface area contributed by atoms with Crippen LogP contribution in [0.4, 0.5) is 4.79 Å². The number of hydrogen-bond acceptors (Lipinski definition) is 3. The SMILES string of the molecule is Cc1cccc2c1-c1ccccc1C2COC(=O)N[C@@H](CC(C)C)C(=O)O. The summed E-state index contributed by atoms with van der Waals surface area (Å²) < 4.78 is 5.43. The van der Waals surface area contributed by atoms with Crippen molar-refractivity contribution in [1.29, 1.82) is 0 Å². The number of hydrogen-bond donors (Lipinski definition) is 2. The maximum absolute atomic E-state index is 12.2. The predicted molar refractivity (Wildman–Crippen MR) is 104 cm³/mol. The number of carboxylic acid groups (broad SMARTS) is 1. The molecule has 1 aliphatic carbocycles. The molecule has 0 heterocycles. The minimum Gasteiger partial charge on any atom is -0.480 e. The first-order valence-corrected chi connectivity index (χ1v) is 9.23. The summed E-state index contributed by atoms with van der Waals surface area (Å²) >= 11 is 0. The van der Waals surface area contributed by atoms with Crippen LogP contribution in [-0.4, -0.2) is 29.8 Å². The van der Waals surface area contributed by atoms with Gasteiger partial charge in [-0.25, -0.2) is 9.59 Å². The van der Waals surface area contributed by atoms with Crippen LogP contribution in [0, 0.1) is 12.8 Å². The van der Waals surface area contributed by atoms with E-state index in [4.69, 9.17) is 4.74 Å². The van der Waals surface area contributed by atoms with Gasteiger partial charge in [-0.3, -0.25) is 0 Å². The van der Waals surface area contributed by atoms with Gasteiger partial charge in [0.15, 0.2) is 0 Å². The molecule has 0 aromatic heterocycles. The van der Waals surface area contributed by atoms with E-state index in [9.17, 15) is 14.7 Å². The van der Waals surface area contributed by atoms with Crippen LogP contribution in [0.1, 0.15) is 42.9 Å². The van der Waals surface area contributed by atoms with Crippen molar-refractivity contribution in [3.05, 3.63) is 59.2 Å². The van der Waals surface area contributed by atoms with Gasteiger partial charge in [0.25, 0.3) is 0 Å². The van der Waals surface area contributed by atoms with Crippen LogP contribution in [0.25, 0.3) is 11.1 Å². The number of aryl methyl sites for hydroxylation is 1. The number of benzene rings is 2. The van der Waals surface area contributed by atoms with Crippen molar-refractivity contribution < 1.29 is 19.4 Å². The second-order valence-electron chi connectivity index (χ2n) is 7.44. The molecular weight excluding hydrogens is 342 g/mol. The van der Waals surface area contributed by atoms with Gasteiger partial charge in [-0.2, -0.15) is 0 Å². The van der Waals surface area contributed by atoms with E-state index in [1.54, 1.807) is 0 Å². The monoisotopic (exact) mass is 367 g/mol. The third-order valence-corrected chi connectivity index (χ3v) is 4.96. The van der Waals surface area contributed by atoms with Gasteiger partial charge in [0, 0.05) is 5.92 Å². The van der Waals surface area contributed by atoms with E-state index >= 15 is 0 Å². The number of carboxylic acids is 1. The summed E-state index contributed by atoms with van der Waals surface area (Å²) in [5.74, 6) is -0.939. The Morgan fingerprint density at radius 2 is 1.81 bits per heavy atom. The number of rotatable bonds is 6. The first-order chi connectivity index (χ1) is 12.9. The van der Waals surface area contributed by atoms with E-state index < -0.39 is 18.1 Å². The molecule has 2 aromatic carbocycles. The van der Waals surface area contributed by atoms with Crippen LogP contribution >= 0.6 is 0 Å². The molecule has 5 heteroatoms. The Bertz CT molecular complexity index is 859. The van der Waals surface area contributed by atoms with Gasteiger partial charge in [-0.15, -0.1) is 0 Å². The van der Waals surface area contributed by atoms with Crippen molar-refractivity contribution in [1.82, 2.24) is 5.32 Å². The summed E-state index contributed by atoms with van der Waals surface area (Å²) in [6, 6.07) is 13.3. The Morgan fingerprint density at radius 1 is 1.11 bits per heavy atom. The van der Waals surface area contributed by atoms with Crippen molar-refractivity contribution in [2.24, 2.45) is 5.92 Å². The van der Waals surface area contributed by atoms with Crippen molar-refractivity contribution in [2.75, 3.05) is 6.61 Å². The largest absolute Gasteiger partial charge is 0.480 e. The summed E-state index contributed by atoms with van der Waals surface area (Å²) in [7, 11) is 0. The van der Waals surface area contributed by atoms with E-state index in [0.717, 1.165) is 11.1 Å². The van der Waals surface area contributed by atoms with Crippen LogP contribution in [-0.2, 0) is 9.53 Å². The molecule has 2 atom stereocenters. The first kappa shape index (κ1) is 19.0. The lowest BCUT2D eigenvalue weighted by molar-refractivity contribution is -0.139. The van der Waals surface area contributed by atoms with Crippen molar-refractivity contribution in [3.8, 4) is 11.1 Å². The predicted octanol–water partition coefficient (Wildman–Crippen LogP) is 4.33. The molecule has 0 fully saturated rings. The molecule has 0 radical (unpaired) electrons. The molecule has 142 valence electrons. The quantitative estimate of drug-likeness (QED) is 0.797. The summed E-state index contributed by atoms with van der Waals surface area (Å²) in [4.78, 5) is 23.5. The van der Waals surface area contributed by atoms with E-state index in [-0.39, 0.29) is 18.4 Å². The van der Waals surface area contributed by atoms with Crippen molar-refractivity contribution in [2.45, 2.75) is 39.2 Å². The first-order valence-electron chi connectivity index (χ1n) is 9.23. The maximum Gasteiger partial charge on any atom is 0.407 e. The molecule has 27 heavy (non-hydrogen) atoms. The molecule has 1 aliphatic rings. The number of nitrogens with one attached hydrogen (secondary N) is 1. The Balaban J connectivity index is 1.74. The highest BCUT2D eigenvalue weighted by Crippen LogP contribution is 2.46. The summed E-state index contributed by atoms with van der Waals surface area (Å²) in [6.07, 6.45) is -0.333. The van der Waals surface area contributed by atoms with Gasteiger partial charge in [0.1, 0.15) is 12.6 Å². The van der Waals surface area contributed by atoms with Gasteiger partial charge < -0.3 is 15.2 Å². The zero-order chi connectivity index (χ0) is 19.6. The summed E-state index contributed by atoms with van der Waals surface area (Å²) in [5.41, 5.74) is 5.83. The van der Waals surface area contributed by atoms with Crippen LogP contribution in [0.15, 0.2) is 42.5 Å². The van der Waals surface area contributed by atoms with Crippen LogP contribution in [0.3, 0.4) is 0 Å². The number of carbonyl (C=O) groups excluding carboxylic acids is 1. The van der Waals surface area contributed by atoms with E-state index in [2.05, 4.69) is 36.5 Å². The number of carbonyl (C=O) groups is 2. The van der Waals surface area contributed by atoms with Gasteiger partial charge in [0.2, 0.25) is 0 Å². The number of ether oxygens (including phenoxy) is 1. The zero-order valence-corrected chi connectivity index (χ0v) is 15.9. The number of alkyl carbamates (subject to hydrolysis) is 1. The van der Waals surface area contributed by atoms with Gasteiger partial charge in [-0.1, -0.05) is 56.3 Å². The van der Waals surface area contributed by atoms with E-state index in [1.165, 1.54) is 16.7 Å². The average Bonchev–Trinajstić information content (AvgIpc) is 2.94. The molecule has 2 aromatic rings. The fraction of sp³-hybridized carbons (Fsp3) is 0.364. The molecule has 5 nitrogen and oxygen atoms in total. The Morgan fingerprint density at radius 3 is 2.52 bits per heavy atom. The second kappa shape index (κ2) is 7.82. The minimum absolute atomic E-state index is 0.0461. The standard InChI is InChI=1S/C22H25NO4/c1-13(2)11-19(21(24)25)23-22(26)27-12-18-15-8-4-5-9-16(15)20-14(3)7-6-10-17(18)20/h4-10,13,18-19H,11-12H2,1-3H3,(H,23,26)(H,24,25)/t18?,19-/m0/s1. The highest BCUT2D eigenvalue weighted by molar-refractivity contribution is 5.82. The summed E-state index contributed by atoms with van der Waals surface area (Å²) in [6.45, 7) is 6.08. The molecule has 1 unspecified atom stereocenters. The van der Waals surface area contributed by atoms with Gasteiger partial charge >= 0.3 is 12.1 Å². The Labute approximate surface area is 159 Å². The fourth-order valence-corrected chi connectivity index (χ4v) is 3.76. The molecular formula is C22H25NO4. The van der Waals surface area contributed by atoms with Gasteiger partial charge in [-0.05, 0) is 47.1 Å². The minimum atomic E-state index is -1.05. The third kappa shape index (κ3) is 3.97. The maximum atomic E-state index is 12.2. The molecule has 3 rings (SSSR count). The van der Waals surface area contributed by atoms with Crippen LogP contribution in [0.2, 0.25) is 0 Å². The molecule has 2 N–H and O–H groups in total. The normalized spacial score (nSPS) is 15.8. The molecule has 0 saturated carbocycles. The fourth-order valence-electron chi connectivity index (χ4n) is 3.76. The highest BCUT2D eigenvalue weighted by atomic mass is 16.5. The molecule has 0 bridgehead atoms. The van der Waals surface area contributed by atoms with Crippen molar-refractivity contribution >= 4 is 12.1 Å². The number of fused-ring (bicyclic) bond motifs is 3. The second-order valence-corrected chi connectivity index (χ2v) is 7.44. The third-order valence-electron chi connectivity index (χ3n) is 4.96. The molecule has 1 amide bonds. The highest BCUT2D eigenvalue weighted by Gasteiger charge is 2.31. The summed E-state index contributed by atoms with van der Waals surface area (Å²) in [5, 5.41) is 11.7. The van der Waals surface area contributed by atoms with Crippen LogP contribution < -0.4 is 5.32 Å². The van der Waals surface area contributed by atoms with E-state index in [0.29, 0.717) is 6.42 Å². The lowest BCUT2D eigenvalue weighted by atomic mass is 9.97. The van der Waals surface area contributed by atoms with Gasteiger partial charge in [0.05, 0.1) is 0 Å². The molecule has 0 saturated heterocycles. The zero-order valence-electron chi connectivity index (χ0n) is 15.9. The van der Waals surface area contributed by atoms with Crippen molar-refractivity contribution in [3.63, 3.8) is 0 Å². The number of amides is 1. The lowest BCUT2D eigenvalue weighted by Gasteiger charge is -2.18. The molecule has 0 aliphatic heterocycles. The topological polar surface area (TPSA) is 75.6 Å². The van der Waals surface area contributed by atoms with E-state index in [1.807, 2.05) is 32.0 Å². The average molecular weight is 367 g/mol. The molecule has 0 spiro atoms. The lowest BCUT2D eigenvalue weighted by Crippen LogP contribution is -2.42. The number of aliphatic carboxylic acids is 1. The smallest absolute Gasteiger partial charge is 0.407 e. The van der Waals surface area contributed by atoms with Crippen LogP contribution in [0.5, 0.6) is 0 Å².